The van der Waals surface area contributed by atoms with Gasteiger partial charge in [-0.2, -0.15) is 0 Å². The molecule has 2 aromatic heterocycles. The van der Waals surface area contributed by atoms with Gasteiger partial charge in [0.15, 0.2) is 0 Å². The third-order valence-corrected chi connectivity index (χ3v) is 7.49. The molecule has 6 nitrogen and oxygen atoms in total. The number of ether oxygens (including phenoxy) is 2. The molecule has 0 amide bonds. The van der Waals surface area contributed by atoms with Gasteiger partial charge in [0, 0.05) is 31.9 Å². The van der Waals surface area contributed by atoms with Gasteiger partial charge in [0.1, 0.15) is 0 Å². The van der Waals surface area contributed by atoms with Crippen molar-refractivity contribution in [3.63, 3.8) is 0 Å². The van der Waals surface area contributed by atoms with Crippen molar-refractivity contribution in [2.45, 2.75) is 26.7 Å². The second-order valence-corrected chi connectivity index (χ2v) is 10.5. The van der Waals surface area contributed by atoms with Crippen LogP contribution in [0.5, 0.6) is 0 Å². The SMILES string of the molecule is CCCOC(=O)c1ccc(N=Cc2ccc(-c3ccc(C=Nc4ccc(C(=O)OCCC)cc4)s3)s2)cc1. The number of hydrogen-bond donors (Lipinski definition) is 0. The van der Waals surface area contributed by atoms with Crippen LogP contribution in [0.2, 0.25) is 0 Å². The predicted molar refractivity (Wildman–Crippen MR) is 156 cm³/mol. The Morgan fingerprint density at radius 1 is 0.632 bits per heavy atom. The Labute approximate surface area is 230 Å². The third-order valence-electron chi connectivity index (χ3n) is 5.26. The average Bonchev–Trinajstić information content (AvgIpc) is 3.63. The number of benzene rings is 2. The lowest BCUT2D eigenvalue weighted by atomic mass is 10.2. The Morgan fingerprint density at radius 2 is 1.03 bits per heavy atom. The lowest BCUT2D eigenvalue weighted by molar-refractivity contribution is 0.0496. The van der Waals surface area contributed by atoms with Crippen LogP contribution in [0.1, 0.15) is 57.2 Å². The van der Waals surface area contributed by atoms with Gasteiger partial charge in [-0.25, -0.2) is 9.59 Å². The van der Waals surface area contributed by atoms with Crippen LogP contribution in [0.3, 0.4) is 0 Å². The van der Waals surface area contributed by atoms with Crippen LogP contribution in [0, 0.1) is 0 Å². The van der Waals surface area contributed by atoms with Crippen molar-refractivity contribution in [3.8, 4) is 9.75 Å². The van der Waals surface area contributed by atoms with Crippen molar-refractivity contribution >= 4 is 58.4 Å². The lowest BCUT2D eigenvalue weighted by Gasteiger charge is -2.02. The Bertz CT molecular complexity index is 1310. The number of carbonyl (C=O) groups is 2. The summed E-state index contributed by atoms with van der Waals surface area (Å²) < 4.78 is 10.3. The summed E-state index contributed by atoms with van der Waals surface area (Å²) >= 11 is 3.32. The van der Waals surface area contributed by atoms with Gasteiger partial charge < -0.3 is 9.47 Å². The highest BCUT2D eigenvalue weighted by molar-refractivity contribution is 7.23. The van der Waals surface area contributed by atoms with Crippen LogP contribution in [0.4, 0.5) is 11.4 Å². The Kier molecular flexibility index (Phi) is 9.72. The molecule has 0 atom stereocenters. The Balaban J connectivity index is 1.34. The molecule has 0 saturated carbocycles. The fourth-order valence-corrected chi connectivity index (χ4v) is 5.16. The zero-order valence-electron chi connectivity index (χ0n) is 21.3. The number of esters is 2. The van der Waals surface area contributed by atoms with Crippen LogP contribution >= 0.6 is 22.7 Å². The monoisotopic (exact) mass is 544 g/mol. The number of hydrogen-bond acceptors (Lipinski definition) is 8. The second kappa shape index (κ2) is 13.6. The number of aliphatic imine (C=N–C) groups is 2. The van der Waals surface area contributed by atoms with Gasteiger partial charge in [0.2, 0.25) is 0 Å². The van der Waals surface area contributed by atoms with Crippen molar-refractivity contribution in [2.24, 2.45) is 9.98 Å². The molecule has 8 heteroatoms. The molecule has 0 bridgehead atoms. The average molecular weight is 545 g/mol. The first kappa shape index (κ1) is 27.2. The molecule has 0 spiro atoms. The van der Waals surface area contributed by atoms with Gasteiger partial charge in [0.05, 0.1) is 35.7 Å². The van der Waals surface area contributed by atoms with Gasteiger partial charge >= 0.3 is 11.9 Å². The summed E-state index contributed by atoms with van der Waals surface area (Å²) in [5.74, 6) is -0.624. The molecular weight excluding hydrogens is 516 g/mol. The van der Waals surface area contributed by atoms with Crippen molar-refractivity contribution < 1.29 is 19.1 Å². The van der Waals surface area contributed by atoms with E-state index in [0.717, 1.165) is 43.7 Å². The molecule has 2 aromatic carbocycles. The quantitative estimate of drug-likeness (QED) is 0.141. The van der Waals surface area contributed by atoms with Crippen LogP contribution in [0.15, 0.2) is 82.8 Å². The molecule has 0 aliphatic rings. The molecule has 0 radical (unpaired) electrons. The maximum absolute atomic E-state index is 11.9. The van der Waals surface area contributed by atoms with Gasteiger partial charge in [0.25, 0.3) is 0 Å². The van der Waals surface area contributed by atoms with Gasteiger partial charge in [-0.3, -0.25) is 9.98 Å². The molecule has 0 N–H and O–H groups in total. The van der Waals surface area contributed by atoms with Crippen LogP contribution < -0.4 is 0 Å². The summed E-state index contributed by atoms with van der Waals surface area (Å²) in [4.78, 5) is 37.3. The molecule has 0 fully saturated rings. The van der Waals surface area contributed by atoms with E-state index in [1.165, 1.54) is 0 Å². The van der Waals surface area contributed by atoms with E-state index in [2.05, 4.69) is 22.1 Å². The van der Waals surface area contributed by atoms with Crippen molar-refractivity contribution in [3.05, 3.63) is 93.7 Å². The number of nitrogens with zero attached hydrogens (tertiary/aromatic N) is 2. The summed E-state index contributed by atoms with van der Waals surface area (Å²) in [6.07, 6.45) is 5.25. The maximum atomic E-state index is 11.9. The molecule has 0 saturated heterocycles. The summed E-state index contributed by atoms with van der Waals surface area (Å²) in [5.41, 5.74) is 2.59. The van der Waals surface area contributed by atoms with Gasteiger partial charge in [-0.1, -0.05) is 13.8 Å². The van der Waals surface area contributed by atoms with Crippen LogP contribution in [-0.4, -0.2) is 37.6 Å². The highest BCUT2D eigenvalue weighted by atomic mass is 32.1. The topological polar surface area (TPSA) is 77.3 Å². The Hall–Kier alpha value is -3.88. The van der Waals surface area contributed by atoms with Crippen LogP contribution in [0.25, 0.3) is 9.75 Å². The molecule has 0 unspecified atom stereocenters. The molecule has 2 heterocycles. The molecule has 0 aliphatic carbocycles. The first-order valence-corrected chi connectivity index (χ1v) is 14.0. The molecule has 0 aliphatic heterocycles. The van der Waals surface area contributed by atoms with E-state index in [-0.39, 0.29) is 11.9 Å². The molecule has 4 rings (SSSR count). The number of rotatable bonds is 11. The van der Waals surface area contributed by atoms with E-state index < -0.39 is 0 Å². The number of carbonyl (C=O) groups excluding carboxylic acids is 2. The minimum atomic E-state index is -0.312. The van der Waals surface area contributed by atoms with E-state index in [4.69, 9.17) is 9.47 Å². The fourth-order valence-electron chi connectivity index (χ4n) is 3.31. The second-order valence-electron chi connectivity index (χ2n) is 8.29. The van der Waals surface area contributed by atoms with Crippen molar-refractivity contribution in [1.29, 1.82) is 0 Å². The summed E-state index contributed by atoms with van der Waals surface area (Å²) in [6, 6.07) is 22.4. The normalized spacial score (nSPS) is 11.3. The predicted octanol–water partition coefficient (Wildman–Crippen LogP) is 8.11. The fraction of sp³-hybridized carbons (Fsp3) is 0.200. The van der Waals surface area contributed by atoms with Gasteiger partial charge in [-0.15, -0.1) is 22.7 Å². The Morgan fingerprint density at radius 3 is 1.39 bits per heavy atom. The highest BCUT2D eigenvalue weighted by Gasteiger charge is 2.08. The maximum Gasteiger partial charge on any atom is 0.338 e. The zero-order valence-corrected chi connectivity index (χ0v) is 22.9. The third kappa shape index (κ3) is 7.57. The van der Waals surface area contributed by atoms with Gasteiger partial charge in [-0.05, 0) is 85.6 Å². The van der Waals surface area contributed by atoms with E-state index in [1.807, 2.05) is 62.7 Å². The first-order chi connectivity index (χ1) is 18.6. The van der Waals surface area contributed by atoms with Crippen molar-refractivity contribution in [2.75, 3.05) is 13.2 Å². The van der Waals surface area contributed by atoms with E-state index >= 15 is 0 Å². The molecular formula is C30H28N2O4S2. The number of thiophene rings is 2. The van der Waals surface area contributed by atoms with Crippen LogP contribution in [-0.2, 0) is 9.47 Å². The van der Waals surface area contributed by atoms with Crippen molar-refractivity contribution in [1.82, 2.24) is 0 Å². The summed E-state index contributed by atoms with van der Waals surface area (Å²) in [7, 11) is 0. The van der Waals surface area contributed by atoms with E-state index in [0.29, 0.717) is 24.3 Å². The zero-order chi connectivity index (χ0) is 26.7. The summed E-state index contributed by atoms with van der Waals surface area (Å²) in [5, 5.41) is 0. The first-order valence-electron chi connectivity index (χ1n) is 12.4. The smallest absolute Gasteiger partial charge is 0.338 e. The molecule has 194 valence electrons. The minimum absolute atomic E-state index is 0.312. The minimum Gasteiger partial charge on any atom is -0.462 e. The highest BCUT2D eigenvalue weighted by Crippen LogP contribution is 2.33. The van der Waals surface area contributed by atoms with E-state index in [1.54, 1.807) is 46.9 Å². The standard InChI is InChI=1S/C30H28N2O4S2/c1-3-17-35-29(33)21-5-9-23(10-6-21)31-19-25-13-15-27(37-25)28-16-14-26(38-28)20-32-24-11-7-22(8-12-24)30(34)36-18-4-2/h5-16,19-20H,3-4,17-18H2,1-2H3. The summed E-state index contributed by atoms with van der Waals surface area (Å²) in [6.45, 7) is 4.77. The largest absolute Gasteiger partial charge is 0.462 e. The lowest BCUT2D eigenvalue weighted by Crippen LogP contribution is -2.05. The molecule has 38 heavy (non-hydrogen) atoms. The van der Waals surface area contributed by atoms with E-state index in [9.17, 15) is 9.59 Å². The molecule has 4 aromatic rings.